The van der Waals surface area contributed by atoms with E-state index in [1.54, 1.807) is 42.5 Å². The maximum Gasteiger partial charge on any atom is 0.337 e. The van der Waals surface area contributed by atoms with Crippen LogP contribution in [0.1, 0.15) is 27.9 Å². The van der Waals surface area contributed by atoms with E-state index in [0.29, 0.717) is 16.7 Å². The molecular formula is C18H17FO4. The highest BCUT2D eigenvalue weighted by Gasteiger charge is 2.09. The Morgan fingerprint density at radius 2 is 1.87 bits per heavy atom. The van der Waals surface area contributed by atoms with Gasteiger partial charge in [-0.1, -0.05) is 30.3 Å². The van der Waals surface area contributed by atoms with Crippen molar-refractivity contribution < 1.29 is 23.5 Å². The van der Waals surface area contributed by atoms with Crippen molar-refractivity contribution in [3.05, 3.63) is 71.0 Å². The molecule has 0 spiro atoms. The van der Waals surface area contributed by atoms with Crippen molar-refractivity contribution in [2.45, 2.75) is 19.4 Å². The average Bonchev–Trinajstić information content (AvgIpc) is 2.58. The molecular weight excluding hydrogens is 299 g/mol. The third-order valence-corrected chi connectivity index (χ3v) is 3.30. The van der Waals surface area contributed by atoms with Crippen molar-refractivity contribution in [2.24, 2.45) is 0 Å². The van der Waals surface area contributed by atoms with Gasteiger partial charge in [0.1, 0.15) is 12.4 Å². The van der Waals surface area contributed by atoms with Gasteiger partial charge in [-0.15, -0.1) is 0 Å². The van der Waals surface area contributed by atoms with Crippen molar-refractivity contribution in [2.75, 3.05) is 7.11 Å². The van der Waals surface area contributed by atoms with Gasteiger partial charge in [-0.25, -0.2) is 9.18 Å². The fourth-order valence-corrected chi connectivity index (χ4v) is 2.08. The average molecular weight is 316 g/mol. The van der Waals surface area contributed by atoms with Gasteiger partial charge < -0.3 is 9.47 Å². The highest BCUT2D eigenvalue weighted by atomic mass is 19.1. The molecule has 0 amide bonds. The number of hydrogen-bond acceptors (Lipinski definition) is 4. The van der Waals surface area contributed by atoms with Crippen LogP contribution in [-0.2, 0) is 27.3 Å². The molecule has 5 heteroatoms. The molecule has 0 aromatic heterocycles. The van der Waals surface area contributed by atoms with Crippen molar-refractivity contribution in [3.63, 3.8) is 0 Å². The molecule has 0 aliphatic rings. The molecule has 4 nitrogen and oxygen atoms in total. The SMILES string of the molecule is COC(=O)c1cccc(COC(=O)CCc2ccccc2F)c1. The van der Waals surface area contributed by atoms with Crippen LogP contribution >= 0.6 is 0 Å². The summed E-state index contributed by atoms with van der Waals surface area (Å²) in [6, 6.07) is 13.0. The molecule has 0 bridgehead atoms. The van der Waals surface area contributed by atoms with Crippen LogP contribution in [0.4, 0.5) is 4.39 Å². The van der Waals surface area contributed by atoms with E-state index >= 15 is 0 Å². The zero-order valence-electron chi connectivity index (χ0n) is 12.8. The largest absolute Gasteiger partial charge is 0.465 e. The lowest BCUT2D eigenvalue weighted by Crippen LogP contribution is -2.07. The molecule has 0 unspecified atom stereocenters. The molecule has 2 aromatic rings. The summed E-state index contributed by atoms with van der Waals surface area (Å²) >= 11 is 0. The summed E-state index contributed by atoms with van der Waals surface area (Å²) in [6.45, 7) is 0.0565. The molecule has 120 valence electrons. The molecule has 23 heavy (non-hydrogen) atoms. The Kier molecular flexibility index (Phi) is 5.86. The number of methoxy groups -OCH3 is 1. The summed E-state index contributed by atoms with van der Waals surface area (Å²) in [5, 5.41) is 0. The third kappa shape index (κ3) is 4.92. The zero-order chi connectivity index (χ0) is 16.7. The lowest BCUT2D eigenvalue weighted by molar-refractivity contribution is -0.144. The summed E-state index contributed by atoms with van der Waals surface area (Å²) < 4.78 is 23.2. The van der Waals surface area contributed by atoms with Crippen LogP contribution in [0.15, 0.2) is 48.5 Å². The minimum atomic E-state index is -0.447. The number of rotatable bonds is 6. The first kappa shape index (κ1) is 16.7. The van der Waals surface area contributed by atoms with Gasteiger partial charge in [0.05, 0.1) is 12.7 Å². The number of carbonyl (C=O) groups excluding carboxylic acids is 2. The number of halogens is 1. The van der Waals surface area contributed by atoms with E-state index in [9.17, 15) is 14.0 Å². The molecule has 0 heterocycles. The van der Waals surface area contributed by atoms with E-state index in [2.05, 4.69) is 4.74 Å². The zero-order valence-corrected chi connectivity index (χ0v) is 12.8. The molecule has 0 fully saturated rings. The Balaban J connectivity index is 1.85. The highest BCUT2D eigenvalue weighted by molar-refractivity contribution is 5.89. The van der Waals surface area contributed by atoms with Gasteiger partial charge in [0.25, 0.3) is 0 Å². The van der Waals surface area contributed by atoms with E-state index in [4.69, 9.17) is 4.74 Å². The smallest absolute Gasteiger partial charge is 0.337 e. The Labute approximate surface area is 133 Å². The van der Waals surface area contributed by atoms with Crippen molar-refractivity contribution in [3.8, 4) is 0 Å². The Bertz CT molecular complexity index is 697. The van der Waals surface area contributed by atoms with Crippen LogP contribution in [0.25, 0.3) is 0 Å². The first-order chi connectivity index (χ1) is 11.1. The van der Waals surface area contributed by atoms with Gasteiger partial charge >= 0.3 is 11.9 Å². The number of ether oxygens (including phenoxy) is 2. The normalized spacial score (nSPS) is 10.2. The van der Waals surface area contributed by atoms with Gasteiger partial charge in [0.15, 0.2) is 0 Å². The molecule has 2 rings (SSSR count). The van der Waals surface area contributed by atoms with Crippen LogP contribution in [0, 0.1) is 5.82 Å². The monoisotopic (exact) mass is 316 g/mol. The lowest BCUT2D eigenvalue weighted by atomic mass is 10.1. The molecule has 0 aliphatic heterocycles. The van der Waals surface area contributed by atoms with Crippen molar-refractivity contribution in [1.82, 2.24) is 0 Å². The Morgan fingerprint density at radius 3 is 2.61 bits per heavy atom. The topological polar surface area (TPSA) is 52.6 Å². The minimum absolute atomic E-state index is 0.0565. The number of carbonyl (C=O) groups is 2. The minimum Gasteiger partial charge on any atom is -0.465 e. The van der Waals surface area contributed by atoms with Crippen LogP contribution < -0.4 is 0 Å². The van der Waals surface area contributed by atoms with Crippen molar-refractivity contribution >= 4 is 11.9 Å². The second-order valence-electron chi connectivity index (χ2n) is 4.94. The first-order valence-corrected chi connectivity index (χ1v) is 7.16. The molecule has 0 radical (unpaired) electrons. The summed E-state index contributed by atoms with van der Waals surface area (Å²) in [6.07, 6.45) is 0.380. The quantitative estimate of drug-likeness (QED) is 0.767. The highest BCUT2D eigenvalue weighted by Crippen LogP contribution is 2.11. The van der Waals surface area contributed by atoms with E-state index in [1.165, 1.54) is 13.2 Å². The maximum absolute atomic E-state index is 13.4. The summed E-state index contributed by atoms with van der Waals surface area (Å²) in [5.74, 6) is -1.19. The first-order valence-electron chi connectivity index (χ1n) is 7.16. The molecule has 2 aromatic carbocycles. The number of hydrogen-bond donors (Lipinski definition) is 0. The standard InChI is InChI=1S/C18H17FO4/c1-22-18(21)15-7-4-5-13(11-15)12-23-17(20)10-9-14-6-2-3-8-16(14)19/h2-8,11H,9-10,12H2,1H3. The molecule has 0 N–H and O–H groups in total. The number of benzene rings is 2. The molecule has 0 saturated heterocycles. The number of esters is 2. The molecule has 0 atom stereocenters. The fourth-order valence-electron chi connectivity index (χ4n) is 2.08. The fraction of sp³-hybridized carbons (Fsp3) is 0.222. The van der Waals surface area contributed by atoms with Crippen LogP contribution in [0.5, 0.6) is 0 Å². The summed E-state index contributed by atoms with van der Waals surface area (Å²) in [5.41, 5.74) is 1.57. The Hall–Kier alpha value is -2.69. The third-order valence-electron chi connectivity index (χ3n) is 3.30. The van der Waals surface area contributed by atoms with Gasteiger partial charge in [0, 0.05) is 6.42 Å². The van der Waals surface area contributed by atoms with Gasteiger partial charge in [-0.2, -0.15) is 0 Å². The summed E-state index contributed by atoms with van der Waals surface area (Å²) in [7, 11) is 1.30. The van der Waals surface area contributed by atoms with E-state index in [0.717, 1.165) is 0 Å². The Morgan fingerprint density at radius 1 is 1.09 bits per heavy atom. The maximum atomic E-state index is 13.4. The molecule has 0 saturated carbocycles. The second-order valence-corrected chi connectivity index (χ2v) is 4.94. The van der Waals surface area contributed by atoms with E-state index in [1.807, 2.05) is 0 Å². The molecule has 0 aliphatic carbocycles. The predicted molar refractivity (Wildman–Crippen MR) is 82.3 cm³/mol. The van der Waals surface area contributed by atoms with Gasteiger partial charge in [-0.3, -0.25) is 4.79 Å². The van der Waals surface area contributed by atoms with Crippen LogP contribution in [-0.4, -0.2) is 19.0 Å². The van der Waals surface area contributed by atoms with Crippen molar-refractivity contribution in [1.29, 1.82) is 0 Å². The van der Waals surface area contributed by atoms with Gasteiger partial charge in [-0.05, 0) is 35.7 Å². The second kappa shape index (κ2) is 8.08. The van der Waals surface area contributed by atoms with E-state index < -0.39 is 11.9 Å². The number of aryl methyl sites for hydroxylation is 1. The summed E-state index contributed by atoms with van der Waals surface area (Å²) in [4.78, 5) is 23.2. The van der Waals surface area contributed by atoms with Crippen LogP contribution in [0.2, 0.25) is 0 Å². The van der Waals surface area contributed by atoms with E-state index in [-0.39, 0.29) is 25.3 Å². The van der Waals surface area contributed by atoms with Crippen LogP contribution in [0.3, 0.4) is 0 Å². The lowest BCUT2D eigenvalue weighted by Gasteiger charge is -2.07. The van der Waals surface area contributed by atoms with Gasteiger partial charge in [0.2, 0.25) is 0 Å². The predicted octanol–water partition coefficient (Wildman–Crippen LogP) is 3.29.